The summed E-state index contributed by atoms with van der Waals surface area (Å²) in [6.07, 6.45) is 0.828. The van der Waals surface area contributed by atoms with Gasteiger partial charge in [0.15, 0.2) is 0 Å². The number of rotatable bonds is 3. The van der Waals surface area contributed by atoms with Crippen LogP contribution in [0.15, 0.2) is 30.3 Å². The normalized spacial score (nSPS) is 27.3. The lowest BCUT2D eigenvalue weighted by molar-refractivity contribution is -0.156. The summed E-state index contributed by atoms with van der Waals surface area (Å²) in [7, 11) is 0. The predicted octanol–water partition coefficient (Wildman–Crippen LogP) is 1.66. The molecule has 0 saturated carbocycles. The van der Waals surface area contributed by atoms with Crippen LogP contribution in [-0.4, -0.2) is 29.3 Å². The van der Waals surface area contributed by atoms with Crippen LogP contribution in [0.4, 0.5) is 0 Å². The Morgan fingerprint density at radius 3 is 2.47 bits per heavy atom. The van der Waals surface area contributed by atoms with Crippen LogP contribution in [0.5, 0.6) is 0 Å². The van der Waals surface area contributed by atoms with Crippen molar-refractivity contribution in [2.75, 3.05) is 6.54 Å². The first-order chi connectivity index (χ1) is 9.01. The molecule has 0 spiro atoms. The van der Waals surface area contributed by atoms with E-state index in [-0.39, 0.29) is 11.8 Å². The monoisotopic (exact) mass is 260 g/mol. The Balaban J connectivity index is 2.49. The van der Waals surface area contributed by atoms with Gasteiger partial charge in [0.1, 0.15) is 11.6 Å². The van der Waals surface area contributed by atoms with Crippen molar-refractivity contribution in [3.8, 4) is 0 Å². The molecule has 1 aromatic rings. The molecule has 1 aromatic carbocycles. The molecule has 1 fully saturated rings. The Morgan fingerprint density at radius 1 is 1.26 bits per heavy atom. The van der Waals surface area contributed by atoms with Crippen LogP contribution in [-0.2, 0) is 15.1 Å². The highest BCUT2D eigenvalue weighted by Gasteiger charge is 2.48. The molecule has 4 nitrogen and oxygen atoms in total. The van der Waals surface area contributed by atoms with Crippen molar-refractivity contribution in [3.05, 3.63) is 35.9 Å². The van der Waals surface area contributed by atoms with E-state index in [0.717, 1.165) is 12.0 Å². The summed E-state index contributed by atoms with van der Waals surface area (Å²) in [4.78, 5) is 26.5. The summed E-state index contributed by atoms with van der Waals surface area (Å²) in [5.74, 6) is -0.132. The fraction of sp³-hybridized carbons (Fsp3) is 0.467. The zero-order chi connectivity index (χ0) is 14.0. The smallest absolute Gasteiger partial charge is 0.250 e. The Bertz CT molecular complexity index is 486. The maximum atomic E-state index is 12.5. The fourth-order valence-electron chi connectivity index (χ4n) is 2.58. The van der Waals surface area contributed by atoms with Crippen molar-refractivity contribution >= 4 is 11.8 Å². The topological polar surface area (TPSA) is 49.4 Å². The number of nitrogens with one attached hydrogen (secondary N) is 1. The first-order valence-corrected chi connectivity index (χ1v) is 6.69. The van der Waals surface area contributed by atoms with Gasteiger partial charge in [0.2, 0.25) is 5.91 Å². The molecule has 1 saturated heterocycles. The molecule has 1 heterocycles. The lowest BCUT2D eigenvalue weighted by Gasteiger charge is -2.45. The van der Waals surface area contributed by atoms with Crippen LogP contribution >= 0.6 is 0 Å². The van der Waals surface area contributed by atoms with E-state index >= 15 is 0 Å². The van der Waals surface area contributed by atoms with Gasteiger partial charge in [-0.15, -0.1) is 0 Å². The SMILES string of the molecule is CCCN1C(=O)C(C)NC(=O)C1(C)c1ccccc1. The number of hydrogen-bond donors (Lipinski definition) is 1. The van der Waals surface area contributed by atoms with Gasteiger partial charge in [-0.25, -0.2) is 0 Å². The molecule has 1 N–H and O–H groups in total. The van der Waals surface area contributed by atoms with Gasteiger partial charge in [-0.2, -0.15) is 0 Å². The molecule has 102 valence electrons. The number of carbonyl (C=O) groups is 2. The minimum absolute atomic E-state index is 0.0206. The molecular weight excluding hydrogens is 240 g/mol. The lowest BCUT2D eigenvalue weighted by Crippen LogP contribution is -2.67. The molecule has 1 aliphatic heterocycles. The van der Waals surface area contributed by atoms with E-state index in [2.05, 4.69) is 5.32 Å². The van der Waals surface area contributed by atoms with Gasteiger partial charge in [-0.1, -0.05) is 37.3 Å². The van der Waals surface area contributed by atoms with Crippen LogP contribution in [0.3, 0.4) is 0 Å². The molecule has 1 aliphatic rings. The third-order valence-corrected chi connectivity index (χ3v) is 3.75. The molecule has 0 aliphatic carbocycles. The minimum Gasteiger partial charge on any atom is -0.342 e. The molecule has 2 amide bonds. The molecule has 2 rings (SSSR count). The van der Waals surface area contributed by atoms with Crippen molar-refractivity contribution in [2.45, 2.75) is 38.8 Å². The summed E-state index contributed by atoms with van der Waals surface area (Å²) in [6, 6.07) is 9.02. The molecule has 0 bridgehead atoms. The third-order valence-electron chi connectivity index (χ3n) is 3.75. The standard InChI is InChI=1S/C15H20N2O2/c1-4-10-17-13(18)11(2)16-14(19)15(17,3)12-8-6-5-7-9-12/h5-9,11H,4,10H2,1-3H3,(H,16,19). The second-order valence-electron chi connectivity index (χ2n) is 5.12. The second-order valence-corrected chi connectivity index (χ2v) is 5.12. The number of piperazine rings is 1. The number of carbonyl (C=O) groups excluding carboxylic acids is 2. The van der Waals surface area contributed by atoms with E-state index in [0.29, 0.717) is 6.54 Å². The highest BCUT2D eigenvalue weighted by Crippen LogP contribution is 2.32. The summed E-state index contributed by atoms with van der Waals surface area (Å²) in [5.41, 5.74) is -0.0675. The molecule has 4 heteroatoms. The highest BCUT2D eigenvalue weighted by atomic mass is 16.2. The molecule has 0 radical (unpaired) electrons. The zero-order valence-corrected chi connectivity index (χ0v) is 11.6. The van der Waals surface area contributed by atoms with Crippen LogP contribution in [0.2, 0.25) is 0 Å². The van der Waals surface area contributed by atoms with Gasteiger partial charge in [0.05, 0.1) is 0 Å². The fourth-order valence-corrected chi connectivity index (χ4v) is 2.58. The van der Waals surface area contributed by atoms with E-state index < -0.39 is 11.6 Å². The minimum atomic E-state index is -0.916. The van der Waals surface area contributed by atoms with E-state index in [9.17, 15) is 9.59 Å². The zero-order valence-electron chi connectivity index (χ0n) is 11.6. The van der Waals surface area contributed by atoms with Crippen molar-refractivity contribution in [3.63, 3.8) is 0 Å². The molecule has 2 atom stereocenters. The maximum absolute atomic E-state index is 12.5. The van der Waals surface area contributed by atoms with Crippen molar-refractivity contribution < 1.29 is 9.59 Å². The van der Waals surface area contributed by atoms with Crippen LogP contribution in [0, 0.1) is 0 Å². The molecule has 0 aromatic heterocycles. The largest absolute Gasteiger partial charge is 0.342 e. The Labute approximate surface area is 113 Å². The molecule has 19 heavy (non-hydrogen) atoms. The van der Waals surface area contributed by atoms with Gasteiger partial charge >= 0.3 is 0 Å². The maximum Gasteiger partial charge on any atom is 0.250 e. The van der Waals surface area contributed by atoms with Crippen molar-refractivity contribution in [1.29, 1.82) is 0 Å². The number of hydrogen-bond acceptors (Lipinski definition) is 2. The second kappa shape index (κ2) is 5.03. The van der Waals surface area contributed by atoms with E-state index in [1.54, 1.807) is 11.8 Å². The van der Waals surface area contributed by atoms with Crippen LogP contribution in [0.25, 0.3) is 0 Å². The lowest BCUT2D eigenvalue weighted by atomic mass is 9.85. The first kappa shape index (κ1) is 13.6. The average Bonchev–Trinajstić information content (AvgIpc) is 2.42. The van der Waals surface area contributed by atoms with Gasteiger partial charge < -0.3 is 10.2 Å². The van der Waals surface area contributed by atoms with Gasteiger partial charge in [-0.3, -0.25) is 9.59 Å². The molecular formula is C15H20N2O2. The average molecular weight is 260 g/mol. The Morgan fingerprint density at radius 2 is 1.89 bits per heavy atom. The van der Waals surface area contributed by atoms with E-state index in [1.807, 2.05) is 44.2 Å². The summed E-state index contributed by atoms with van der Waals surface area (Å²) in [6.45, 7) is 6.14. The Kier molecular flexibility index (Phi) is 3.60. The van der Waals surface area contributed by atoms with Crippen molar-refractivity contribution in [1.82, 2.24) is 10.2 Å². The van der Waals surface area contributed by atoms with E-state index in [4.69, 9.17) is 0 Å². The quantitative estimate of drug-likeness (QED) is 0.898. The van der Waals surface area contributed by atoms with Crippen LogP contribution in [0.1, 0.15) is 32.8 Å². The number of nitrogens with zero attached hydrogens (tertiary/aromatic N) is 1. The summed E-state index contributed by atoms with van der Waals surface area (Å²) < 4.78 is 0. The summed E-state index contributed by atoms with van der Waals surface area (Å²) in [5, 5.41) is 2.78. The predicted molar refractivity (Wildman–Crippen MR) is 73.4 cm³/mol. The van der Waals surface area contributed by atoms with Crippen molar-refractivity contribution in [2.24, 2.45) is 0 Å². The molecule has 2 unspecified atom stereocenters. The number of benzene rings is 1. The van der Waals surface area contributed by atoms with Gasteiger partial charge in [0, 0.05) is 6.54 Å². The number of amides is 2. The van der Waals surface area contributed by atoms with Crippen LogP contribution < -0.4 is 5.32 Å². The first-order valence-electron chi connectivity index (χ1n) is 6.69. The highest BCUT2D eigenvalue weighted by molar-refractivity contribution is 5.99. The Hall–Kier alpha value is -1.84. The van der Waals surface area contributed by atoms with Gasteiger partial charge in [0.25, 0.3) is 5.91 Å². The summed E-state index contributed by atoms with van der Waals surface area (Å²) >= 11 is 0. The van der Waals surface area contributed by atoms with E-state index in [1.165, 1.54) is 0 Å². The third kappa shape index (κ3) is 2.11. The van der Waals surface area contributed by atoms with Gasteiger partial charge in [-0.05, 0) is 25.8 Å².